The second-order valence-corrected chi connectivity index (χ2v) is 6.42. The fourth-order valence-electron chi connectivity index (χ4n) is 3.17. The molecule has 27 heavy (non-hydrogen) atoms. The van der Waals surface area contributed by atoms with E-state index in [9.17, 15) is 9.59 Å². The zero-order valence-corrected chi connectivity index (χ0v) is 15.0. The first kappa shape index (κ1) is 17.0. The van der Waals surface area contributed by atoms with Crippen molar-refractivity contribution in [1.82, 2.24) is 15.7 Å². The highest BCUT2D eigenvalue weighted by Crippen LogP contribution is 2.34. The van der Waals surface area contributed by atoms with Crippen molar-refractivity contribution < 1.29 is 9.59 Å². The number of anilines is 1. The maximum absolute atomic E-state index is 12.5. The van der Waals surface area contributed by atoms with E-state index in [1.807, 2.05) is 36.4 Å². The summed E-state index contributed by atoms with van der Waals surface area (Å²) >= 11 is 0. The highest BCUT2D eigenvalue weighted by Gasteiger charge is 2.22. The number of likely N-dealkylation sites (N-methyl/N-ethyl adjacent to an activating group) is 1. The van der Waals surface area contributed by atoms with E-state index in [1.54, 1.807) is 26.3 Å². The molecule has 1 aromatic heterocycles. The summed E-state index contributed by atoms with van der Waals surface area (Å²) in [4.78, 5) is 28.1. The smallest absolute Gasteiger partial charge is 0.272 e. The third-order valence-electron chi connectivity index (χ3n) is 4.70. The molecule has 1 aliphatic heterocycles. The predicted octanol–water partition coefficient (Wildman–Crippen LogP) is 2.46. The highest BCUT2D eigenvalue weighted by atomic mass is 16.2. The van der Waals surface area contributed by atoms with Crippen LogP contribution in [0.1, 0.15) is 22.8 Å². The molecule has 4 N–H and O–H groups in total. The van der Waals surface area contributed by atoms with Crippen LogP contribution in [0.25, 0.3) is 22.2 Å². The second-order valence-electron chi connectivity index (χ2n) is 6.42. The van der Waals surface area contributed by atoms with Crippen LogP contribution in [0.15, 0.2) is 47.6 Å². The lowest BCUT2D eigenvalue weighted by Gasteiger charge is -2.12. The molecule has 7 nitrogen and oxygen atoms in total. The number of amides is 2. The van der Waals surface area contributed by atoms with E-state index in [0.717, 1.165) is 27.7 Å². The standard InChI is InChI=1S/C20H19N5O2/c1-11(21-2)19(26)23-13-8-14-17-15(10-22-25-20(14)27)18(24-16(17)9-13)12-6-4-3-5-7-12/h3-11,21,24H,1-2H3,(H,23,26)(H,25,27). The number of aromatic amines is 1. The van der Waals surface area contributed by atoms with Gasteiger partial charge in [-0.3, -0.25) is 9.59 Å². The summed E-state index contributed by atoms with van der Waals surface area (Å²) in [5, 5.41) is 10.6. The second kappa shape index (κ2) is 6.69. The number of nitrogens with zero attached hydrogens (tertiary/aromatic N) is 1. The van der Waals surface area contributed by atoms with Gasteiger partial charge in [0.05, 0.1) is 23.5 Å². The van der Waals surface area contributed by atoms with Crippen molar-refractivity contribution in [2.45, 2.75) is 13.0 Å². The number of rotatable bonds is 4. The molecule has 0 radical (unpaired) electrons. The lowest BCUT2D eigenvalue weighted by atomic mass is 10.0. The lowest BCUT2D eigenvalue weighted by molar-refractivity contribution is -0.117. The van der Waals surface area contributed by atoms with Gasteiger partial charge in [0.25, 0.3) is 5.91 Å². The van der Waals surface area contributed by atoms with Gasteiger partial charge in [-0.1, -0.05) is 30.3 Å². The van der Waals surface area contributed by atoms with E-state index in [2.05, 4.69) is 26.1 Å². The van der Waals surface area contributed by atoms with Crippen molar-refractivity contribution in [1.29, 1.82) is 0 Å². The molecule has 136 valence electrons. The van der Waals surface area contributed by atoms with Crippen molar-refractivity contribution in [3.8, 4) is 11.3 Å². The van der Waals surface area contributed by atoms with Gasteiger partial charge >= 0.3 is 0 Å². The Morgan fingerprint density at radius 3 is 2.70 bits per heavy atom. The third kappa shape index (κ3) is 2.98. The summed E-state index contributed by atoms with van der Waals surface area (Å²) < 4.78 is 0. The quantitative estimate of drug-likeness (QED) is 0.574. The fraction of sp³-hybridized carbons (Fsp3) is 0.150. The number of hydrazone groups is 1. The zero-order valence-electron chi connectivity index (χ0n) is 15.0. The monoisotopic (exact) mass is 361 g/mol. The van der Waals surface area contributed by atoms with Crippen molar-refractivity contribution in [3.63, 3.8) is 0 Å². The number of benzene rings is 2. The van der Waals surface area contributed by atoms with Crippen LogP contribution in [0.2, 0.25) is 0 Å². The van der Waals surface area contributed by atoms with E-state index in [1.165, 1.54) is 0 Å². The Hall–Kier alpha value is -3.45. The van der Waals surface area contributed by atoms with Gasteiger partial charge < -0.3 is 15.6 Å². The van der Waals surface area contributed by atoms with Crippen molar-refractivity contribution in [3.05, 3.63) is 53.6 Å². The van der Waals surface area contributed by atoms with E-state index >= 15 is 0 Å². The Balaban J connectivity index is 1.90. The Morgan fingerprint density at radius 1 is 1.19 bits per heavy atom. The number of H-pyrrole nitrogens is 1. The maximum atomic E-state index is 12.5. The van der Waals surface area contributed by atoms with Gasteiger partial charge in [0, 0.05) is 22.2 Å². The average molecular weight is 361 g/mol. The Labute approximate surface area is 155 Å². The van der Waals surface area contributed by atoms with Crippen LogP contribution in [0.5, 0.6) is 0 Å². The molecule has 0 aliphatic carbocycles. The van der Waals surface area contributed by atoms with Crippen LogP contribution >= 0.6 is 0 Å². The fourth-order valence-corrected chi connectivity index (χ4v) is 3.17. The number of hydrogen-bond acceptors (Lipinski definition) is 4. The van der Waals surface area contributed by atoms with Gasteiger partial charge in [0.1, 0.15) is 0 Å². The molecule has 1 unspecified atom stereocenters. The number of hydrogen-bond donors (Lipinski definition) is 4. The lowest BCUT2D eigenvalue weighted by Crippen LogP contribution is -2.35. The molecule has 2 aromatic carbocycles. The topological polar surface area (TPSA) is 98.4 Å². The molecule has 1 atom stereocenters. The van der Waals surface area contributed by atoms with Crippen molar-refractivity contribution >= 4 is 34.6 Å². The van der Waals surface area contributed by atoms with E-state index in [-0.39, 0.29) is 17.9 Å². The van der Waals surface area contributed by atoms with Crippen LogP contribution in [-0.4, -0.2) is 36.1 Å². The number of aromatic nitrogens is 1. The van der Waals surface area contributed by atoms with E-state index in [0.29, 0.717) is 11.3 Å². The van der Waals surface area contributed by atoms with Gasteiger partial charge in [-0.2, -0.15) is 5.10 Å². The predicted molar refractivity (Wildman–Crippen MR) is 106 cm³/mol. The molecule has 7 heteroatoms. The van der Waals surface area contributed by atoms with Crippen molar-refractivity contribution in [2.24, 2.45) is 5.10 Å². The van der Waals surface area contributed by atoms with Gasteiger partial charge in [-0.05, 0) is 31.7 Å². The minimum absolute atomic E-state index is 0.176. The molecule has 2 amide bonds. The summed E-state index contributed by atoms with van der Waals surface area (Å²) in [5.41, 5.74) is 7.00. The maximum Gasteiger partial charge on any atom is 0.272 e. The summed E-state index contributed by atoms with van der Waals surface area (Å²) in [6.45, 7) is 1.77. The first-order valence-electron chi connectivity index (χ1n) is 8.65. The van der Waals surface area contributed by atoms with Crippen LogP contribution in [0.4, 0.5) is 5.69 Å². The third-order valence-corrected chi connectivity index (χ3v) is 4.70. The van der Waals surface area contributed by atoms with E-state index < -0.39 is 0 Å². The van der Waals surface area contributed by atoms with Gasteiger partial charge in [0.15, 0.2) is 0 Å². The number of nitrogens with one attached hydrogen (secondary N) is 4. The molecule has 3 aromatic rings. The van der Waals surface area contributed by atoms with Crippen LogP contribution in [0.3, 0.4) is 0 Å². The molecule has 1 aliphatic rings. The molecule has 0 saturated heterocycles. The molecular formula is C20H19N5O2. The molecule has 2 heterocycles. The minimum atomic E-state index is -0.351. The van der Waals surface area contributed by atoms with Crippen molar-refractivity contribution in [2.75, 3.05) is 12.4 Å². The normalized spacial score (nSPS) is 13.9. The molecule has 0 fully saturated rings. The van der Waals surface area contributed by atoms with Gasteiger partial charge in [0.2, 0.25) is 5.91 Å². The largest absolute Gasteiger partial charge is 0.354 e. The van der Waals surface area contributed by atoms with E-state index in [4.69, 9.17) is 0 Å². The van der Waals surface area contributed by atoms with Crippen LogP contribution in [-0.2, 0) is 4.79 Å². The Bertz CT molecular complexity index is 1070. The van der Waals surface area contributed by atoms with Gasteiger partial charge in [-0.25, -0.2) is 5.43 Å². The molecule has 4 rings (SSSR count). The Kier molecular flexibility index (Phi) is 4.21. The first-order valence-corrected chi connectivity index (χ1v) is 8.65. The summed E-state index contributed by atoms with van der Waals surface area (Å²) in [7, 11) is 1.72. The molecular weight excluding hydrogens is 342 g/mol. The summed E-state index contributed by atoms with van der Waals surface area (Å²) in [5.74, 6) is -0.490. The summed E-state index contributed by atoms with van der Waals surface area (Å²) in [6.07, 6.45) is 1.65. The number of carbonyl (C=O) groups excluding carboxylic acids is 2. The average Bonchev–Trinajstić information content (AvgIpc) is 2.96. The zero-order chi connectivity index (χ0) is 19.0. The SMILES string of the molecule is CNC(C)C(=O)Nc1cc2c3c(c(-c4ccccc4)[nH]c3c1)C=NNC2=O. The summed E-state index contributed by atoms with van der Waals surface area (Å²) in [6, 6.07) is 13.0. The molecule has 0 saturated carbocycles. The van der Waals surface area contributed by atoms with Crippen LogP contribution in [0, 0.1) is 0 Å². The highest BCUT2D eigenvalue weighted by molar-refractivity contribution is 6.18. The minimum Gasteiger partial charge on any atom is -0.354 e. The Morgan fingerprint density at radius 2 is 1.96 bits per heavy atom. The first-order chi connectivity index (χ1) is 13.1. The van der Waals surface area contributed by atoms with Gasteiger partial charge in [-0.15, -0.1) is 0 Å². The molecule has 0 spiro atoms. The number of carbonyl (C=O) groups is 2. The molecule has 0 bridgehead atoms. The van der Waals surface area contributed by atoms with Crippen LogP contribution < -0.4 is 16.1 Å².